The number of aryl methyl sites for hydroxylation is 2. The van der Waals surface area contributed by atoms with Gasteiger partial charge in [-0.3, -0.25) is 13.9 Å². The molecule has 1 amide bonds. The number of hydrogen-bond acceptors (Lipinski definition) is 4. The van der Waals surface area contributed by atoms with E-state index in [1.807, 2.05) is 49.4 Å². The molecule has 0 saturated carbocycles. The van der Waals surface area contributed by atoms with Crippen molar-refractivity contribution in [3.63, 3.8) is 0 Å². The molecule has 1 aromatic heterocycles. The highest BCUT2D eigenvalue weighted by molar-refractivity contribution is 5.78. The first kappa shape index (κ1) is 18.2. The van der Waals surface area contributed by atoms with E-state index in [0.29, 0.717) is 25.4 Å². The van der Waals surface area contributed by atoms with Gasteiger partial charge in [0, 0.05) is 33.1 Å². The van der Waals surface area contributed by atoms with Crippen LogP contribution < -0.4 is 15.2 Å². The van der Waals surface area contributed by atoms with Gasteiger partial charge in [-0.25, -0.2) is 4.79 Å². The van der Waals surface area contributed by atoms with Gasteiger partial charge in [0.25, 0.3) is 0 Å². The van der Waals surface area contributed by atoms with Crippen molar-refractivity contribution in [1.82, 2.24) is 14.0 Å². The number of carbonyl (C=O) groups is 1. The van der Waals surface area contributed by atoms with E-state index in [9.17, 15) is 9.59 Å². The van der Waals surface area contributed by atoms with Crippen LogP contribution >= 0.6 is 0 Å². The molecule has 0 radical (unpaired) electrons. The summed E-state index contributed by atoms with van der Waals surface area (Å²) >= 11 is 0. The molecular formula is C21H23N3O4. The topological polar surface area (TPSA) is 65.7 Å². The lowest BCUT2D eigenvalue weighted by Gasteiger charge is -2.17. The molecule has 0 aliphatic carbocycles. The van der Waals surface area contributed by atoms with Crippen LogP contribution in [0.25, 0.3) is 11.0 Å². The van der Waals surface area contributed by atoms with E-state index in [1.165, 1.54) is 0 Å². The van der Waals surface area contributed by atoms with Gasteiger partial charge in [0.1, 0.15) is 0 Å². The second kappa shape index (κ2) is 7.42. The Balaban J connectivity index is 1.45. The number of fused-ring (bicyclic) bond motifs is 2. The van der Waals surface area contributed by atoms with Crippen LogP contribution in [0.1, 0.15) is 18.9 Å². The molecule has 146 valence electrons. The Kier molecular flexibility index (Phi) is 4.81. The smallest absolute Gasteiger partial charge is 0.329 e. The Bertz CT molecular complexity index is 1080. The molecule has 0 atom stereocenters. The van der Waals surface area contributed by atoms with Crippen LogP contribution in [0.3, 0.4) is 0 Å². The zero-order chi connectivity index (χ0) is 19.7. The summed E-state index contributed by atoms with van der Waals surface area (Å²) in [5.41, 5.74) is 2.66. The number of rotatable bonds is 6. The van der Waals surface area contributed by atoms with Crippen LogP contribution in [0, 0.1) is 0 Å². The predicted molar refractivity (Wildman–Crippen MR) is 106 cm³/mol. The molecule has 0 N–H and O–H groups in total. The van der Waals surface area contributed by atoms with E-state index in [0.717, 1.165) is 22.3 Å². The lowest BCUT2D eigenvalue weighted by atomic mass is 10.2. The lowest BCUT2D eigenvalue weighted by molar-refractivity contribution is -0.130. The molecule has 1 aliphatic rings. The van der Waals surface area contributed by atoms with Gasteiger partial charge in [-0.15, -0.1) is 0 Å². The van der Waals surface area contributed by atoms with E-state index < -0.39 is 0 Å². The third-order valence-electron chi connectivity index (χ3n) is 5.07. The van der Waals surface area contributed by atoms with Gasteiger partial charge < -0.3 is 14.4 Å². The minimum Gasteiger partial charge on any atom is -0.454 e. The third kappa shape index (κ3) is 3.24. The van der Waals surface area contributed by atoms with E-state index in [1.54, 1.807) is 21.1 Å². The molecule has 3 aromatic rings. The molecular weight excluding hydrogens is 358 g/mol. The number of aromatic nitrogens is 2. The normalized spacial score (nSPS) is 12.5. The van der Waals surface area contributed by atoms with Crippen molar-refractivity contribution in [1.29, 1.82) is 0 Å². The maximum Gasteiger partial charge on any atom is 0.329 e. The number of carbonyl (C=O) groups excluding carboxylic acids is 1. The summed E-state index contributed by atoms with van der Waals surface area (Å²) in [6.07, 6.45) is 0.263. The number of hydrogen-bond donors (Lipinski definition) is 0. The fourth-order valence-corrected chi connectivity index (χ4v) is 3.59. The van der Waals surface area contributed by atoms with Gasteiger partial charge in [-0.05, 0) is 36.8 Å². The van der Waals surface area contributed by atoms with Gasteiger partial charge in [0.15, 0.2) is 11.5 Å². The van der Waals surface area contributed by atoms with E-state index in [4.69, 9.17) is 9.47 Å². The van der Waals surface area contributed by atoms with Crippen LogP contribution in [0.2, 0.25) is 0 Å². The number of para-hydroxylation sites is 2. The Morgan fingerprint density at radius 1 is 1.07 bits per heavy atom. The minimum atomic E-state index is -0.0741. The quantitative estimate of drug-likeness (QED) is 0.658. The fourth-order valence-electron chi connectivity index (χ4n) is 3.59. The zero-order valence-electron chi connectivity index (χ0n) is 16.1. The van der Waals surface area contributed by atoms with Crippen molar-refractivity contribution in [2.45, 2.75) is 33.0 Å². The summed E-state index contributed by atoms with van der Waals surface area (Å²) in [6.45, 7) is 3.61. The monoisotopic (exact) mass is 381 g/mol. The second-order valence-corrected chi connectivity index (χ2v) is 6.85. The molecule has 2 heterocycles. The standard InChI is InChI=1S/C21H23N3O4/c1-3-23-16-6-4-5-7-17(16)24(21(23)26)11-10-20(25)22(2)13-15-8-9-18-19(12-15)28-14-27-18/h4-9,12H,3,10-11,13-14H2,1-2H3. The summed E-state index contributed by atoms with van der Waals surface area (Å²) in [4.78, 5) is 27.0. The van der Waals surface area contributed by atoms with Crippen LogP contribution in [-0.2, 0) is 24.4 Å². The maximum atomic E-state index is 12.7. The lowest BCUT2D eigenvalue weighted by Crippen LogP contribution is -2.29. The first-order valence-electron chi connectivity index (χ1n) is 9.39. The Labute approximate surface area is 162 Å². The highest BCUT2D eigenvalue weighted by Crippen LogP contribution is 2.32. The van der Waals surface area contributed by atoms with Crippen LogP contribution in [-0.4, -0.2) is 33.8 Å². The Morgan fingerprint density at radius 3 is 2.54 bits per heavy atom. The van der Waals surface area contributed by atoms with Crippen molar-refractivity contribution in [2.24, 2.45) is 0 Å². The second-order valence-electron chi connectivity index (χ2n) is 6.85. The fraction of sp³-hybridized carbons (Fsp3) is 0.333. The Hall–Kier alpha value is -3.22. The van der Waals surface area contributed by atoms with Crippen LogP contribution in [0.15, 0.2) is 47.3 Å². The number of nitrogens with zero attached hydrogens (tertiary/aromatic N) is 3. The molecule has 0 bridgehead atoms. The molecule has 4 rings (SSSR count). The molecule has 7 nitrogen and oxygen atoms in total. The molecule has 0 saturated heterocycles. The van der Waals surface area contributed by atoms with Crippen molar-refractivity contribution in [3.8, 4) is 11.5 Å². The van der Waals surface area contributed by atoms with E-state index >= 15 is 0 Å². The van der Waals surface area contributed by atoms with Crippen molar-refractivity contribution >= 4 is 16.9 Å². The van der Waals surface area contributed by atoms with Crippen LogP contribution in [0.5, 0.6) is 11.5 Å². The molecule has 2 aromatic carbocycles. The average Bonchev–Trinajstić information content (AvgIpc) is 3.27. The average molecular weight is 381 g/mol. The number of benzene rings is 2. The van der Waals surface area contributed by atoms with Gasteiger partial charge in [-0.1, -0.05) is 18.2 Å². The molecule has 7 heteroatoms. The summed E-state index contributed by atoms with van der Waals surface area (Å²) in [7, 11) is 1.77. The highest BCUT2D eigenvalue weighted by atomic mass is 16.7. The minimum absolute atomic E-state index is 0.0158. The first-order chi connectivity index (χ1) is 13.6. The van der Waals surface area contributed by atoms with Crippen molar-refractivity contribution in [2.75, 3.05) is 13.8 Å². The third-order valence-corrected chi connectivity index (χ3v) is 5.07. The largest absolute Gasteiger partial charge is 0.454 e. The molecule has 28 heavy (non-hydrogen) atoms. The highest BCUT2D eigenvalue weighted by Gasteiger charge is 2.17. The summed E-state index contributed by atoms with van der Waals surface area (Å²) in [6, 6.07) is 13.4. The zero-order valence-corrected chi connectivity index (χ0v) is 16.1. The van der Waals surface area contributed by atoms with E-state index in [-0.39, 0.29) is 24.8 Å². The number of imidazole rings is 1. The van der Waals surface area contributed by atoms with Gasteiger partial charge in [0.05, 0.1) is 11.0 Å². The van der Waals surface area contributed by atoms with Crippen molar-refractivity contribution in [3.05, 3.63) is 58.5 Å². The van der Waals surface area contributed by atoms with Crippen LogP contribution in [0.4, 0.5) is 0 Å². The first-order valence-corrected chi connectivity index (χ1v) is 9.39. The van der Waals surface area contributed by atoms with Crippen molar-refractivity contribution < 1.29 is 14.3 Å². The molecule has 0 fully saturated rings. The summed E-state index contributed by atoms with van der Waals surface area (Å²) < 4.78 is 14.1. The predicted octanol–water partition coefficient (Wildman–Crippen LogP) is 2.60. The summed E-state index contributed by atoms with van der Waals surface area (Å²) in [5, 5.41) is 0. The maximum absolute atomic E-state index is 12.7. The Morgan fingerprint density at radius 2 is 1.79 bits per heavy atom. The molecule has 1 aliphatic heterocycles. The summed E-state index contributed by atoms with van der Waals surface area (Å²) in [5.74, 6) is 1.42. The van der Waals surface area contributed by atoms with Gasteiger partial charge in [-0.2, -0.15) is 0 Å². The SMILES string of the molecule is CCn1c(=O)n(CCC(=O)N(C)Cc2ccc3c(c2)OCO3)c2ccccc21. The van der Waals surface area contributed by atoms with E-state index in [2.05, 4.69) is 0 Å². The molecule has 0 unspecified atom stereocenters. The number of ether oxygens (including phenoxy) is 2. The van der Waals surface area contributed by atoms with Gasteiger partial charge in [0.2, 0.25) is 12.7 Å². The molecule has 0 spiro atoms. The number of amides is 1. The van der Waals surface area contributed by atoms with Gasteiger partial charge >= 0.3 is 5.69 Å².